The molecule has 0 aliphatic carbocycles. The molecule has 0 heterocycles. The third kappa shape index (κ3) is 163. The Hall–Kier alpha value is 1.05. The fraction of sp³-hybridized carbons (Fsp3) is 1.00. The monoisotopic (exact) mass is 233 g/mol. The van der Waals surface area contributed by atoms with Crippen LogP contribution >= 0.6 is 11.6 Å². The van der Waals surface area contributed by atoms with E-state index in [2.05, 4.69) is 11.6 Å². The Morgan fingerprint density at radius 3 is 1.00 bits per heavy atom. The van der Waals surface area contributed by atoms with E-state index in [1.807, 2.05) is 26.0 Å². The van der Waals surface area contributed by atoms with Gasteiger partial charge in [-0.05, 0) is 21.1 Å². The van der Waals surface area contributed by atoms with Crippen LogP contribution < -0.4 is 0 Å². The van der Waals surface area contributed by atoms with Gasteiger partial charge in [0.15, 0.2) is 0 Å². The van der Waals surface area contributed by atoms with Crippen LogP contribution in [0.5, 0.6) is 0 Å². The summed E-state index contributed by atoms with van der Waals surface area (Å²) in [6, 6.07) is 0. The molecular weight excluding hydrogens is 216 g/mol. The summed E-state index contributed by atoms with van der Waals surface area (Å²) in [5.74, 6) is 0. The molecule has 0 aliphatic rings. The first-order valence-electron chi connectivity index (χ1n) is 1.72. The van der Waals surface area contributed by atoms with Gasteiger partial charge in [-0.1, -0.05) is 0 Å². The van der Waals surface area contributed by atoms with Gasteiger partial charge in [-0.15, -0.1) is 11.6 Å². The predicted octanol–water partition coefficient (Wildman–Crippen LogP) is -0.419. The molecule has 0 unspecified atom stereocenters. The molecule has 0 amide bonds. The van der Waals surface area contributed by atoms with E-state index in [4.69, 9.17) is 0 Å². The van der Waals surface area contributed by atoms with Gasteiger partial charge in [0.25, 0.3) is 0 Å². The Morgan fingerprint density at radius 1 is 1.00 bits per heavy atom. The molecule has 0 atom stereocenters. The van der Waals surface area contributed by atoms with Gasteiger partial charge in [-0.3, -0.25) is 0 Å². The van der Waals surface area contributed by atoms with E-state index in [0.717, 1.165) is 0 Å². The van der Waals surface area contributed by atoms with E-state index in [1.165, 1.54) is 6.38 Å². The molecule has 0 radical (unpaired) electrons. The Balaban J connectivity index is -0.0000000480. The van der Waals surface area contributed by atoms with E-state index in [-0.39, 0.29) is 23.9 Å². The molecule has 0 fully saturated rings. The molecule has 0 N–H and O–H groups in total. The molecule has 0 aliphatic heterocycles. The topological polar surface area (TPSA) is 3.24 Å². The van der Waals surface area contributed by atoms with Crippen LogP contribution in [0.2, 0.25) is 0 Å². The SMILES string of the molecule is CCl.CN(C)C.[SnH4]. The van der Waals surface area contributed by atoms with E-state index < -0.39 is 0 Å². The zero-order valence-electron chi connectivity index (χ0n) is 4.83. The van der Waals surface area contributed by atoms with Gasteiger partial charge in [-0.2, -0.15) is 0 Å². The Labute approximate surface area is 68.0 Å². The first-order chi connectivity index (χ1) is 2.73. The Bertz CT molecular complexity index is 16.4. The average Bonchev–Trinajstić information content (AvgIpc) is 1.41. The van der Waals surface area contributed by atoms with Crippen molar-refractivity contribution in [2.75, 3.05) is 27.5 Å². The first-order valence-corrected chi connectivity index (χ1v) is 2.48. The molecule has 0 aromatic rings. The number of nitrogens with zero attached hydrogens (tertiary/aromatic N) is 1. The molecule has 0 aromatic heterocycles. The van der Waals surface area contributed by atoms with Gasteiger partial charge in [0.1, 0.15) is 0 Å². The second-order valence-corrected chi connectivity index (χ2v) is 1.34. The van der Waals surface area contributed by atoms with Crippen molar-refractivity contribution in [1.29, 1.82) is 0 Å². The van der Waals surface area contributed by atoms with E-state index in [0.29, 0.717) is 0 Å². The number of alkyl halides is 1. The van der Waals surface area contributed by atoms with Crippen molar-refractivity contribution in [1.82, 2.24) is 4.90 Å². The maximum atomic E-state index is 4.64. The summed E-state index contributed by atoms with van der Waals surface area (Å²) in [5, 5.41) is 0. The molecule has 1 nitrogen and oxygen atoms in total. The molecule has 3 heteroatoms. The predicted molar refractivity (Wildman–Crippen MR) is 42.7 cm³/mol. The van der Waals surface area contributed by atoms with E-state index in [9.17, 15) is 0 Å². The van der Waals surface area contributed by atoms with Crippen molar-refractivity contribution < 1.29 is 0 Å². The summed E-state index contributed by atoms with van der Waals surface area (Å²) in [5.41, 5.74) is 0. The normalized spacial score (nSPS) is 6.00. The summed E-state index contributed by atoms with van der Waals surface area (Å²) in [7, 11) is 6.00. The van der Waals surface area contributed by atoms with Crippen LogP contribution in [0.4, 0.5) is 0 Å². The molecule has 0 bridgehead atoms. The van der Waals surface area contributed by atoms with Crippen LogP contribution in [0, 0.1) is 0 Å². The summed E-state index contributed by atoms with van der Waals surface area (Å²) >= 11 is 4.64. The summed E-state index contributed by atoms with van der Waals surface area (Å²) < 4.78 is 0. The Morgan fingerprint density at radius 2 is 1.00 bits per heavy atom. The zero-order valence-corrected chi connectivity index (χ0v) is 5.58. The quantitative estimate of drug-likeness (QED) is 0.405. The van der Waals surface area contributed by atoms with Crippen molar-refractivity contribution in [2.24, 2.45) is 0 Å². The molecule has 0 saturated carbocycles. The van der Waals surface area contributed by atoms with Gasteiger partial charge in [0.05, 0.1) is 0 Å². The van der Waals surface area contributed by atoms with Crippen molar-refractivity contribution in [3.8, 4) is 0 Å². The van der Waals surface area contributed by atoms with Crippen LogP contribution in [0.1, 0.15) is 0 Å². The standard InChI is InChI=1S/C3H9N.CH3Cl.Sn.4H/c1-4(2)3;1-2;;;;;/h1-3H3;1H3;;;;;. The molecular formula is C4H16ClNSn. The van der Waals surface area contributed by atoms with Crippen LogP contribution in [-0.2, 0) is 0 Å². The third-order valence-electron chi connectivity index (χ3n) is 0. The molecule has 48 valence electrons. The second kappa shape index (κ2) is 15.7. The molecule has 7 heavy (non-hydrogen) atoms. The third-order valence-corrected chi connectivity index (χ3v) is 0. The number of hydrogen-bond donors (Lipinski definition) is 0. The van der Waals surface area contributed by atoms with Gasteiger partial charge in [0, 0.05) is 6.38 Å². The summed E-state index contributed by atoms with van der Waals surface area (Å²) in [6.45, 7) is 0. The van der Waals surface area contributed by atoms with Crippen LogP contribution in [0.15, 0.2) is 0 Å². The first kappa shape index (κ1) is 15.7. The fourth-order valence-electron chi connectivity index (χ4n) is 0. The van der Waals surface area contributed by atoms with Crippen molar-refractivity contribution >= 4 is 35.5 Å². The van der Waals surface area contributed by atoms with E-state index in [1.54, 1.807) is 0 Å². The van der Waals surface area contributed by atoms with Gasteiger partial charge >= 0.3 is 23.9 Å². The van der Waals surface area contributed by atoms with Crippen LogP contribution in [0.3, 0.4) is 0 Å². The average molecular weight is 232 g/mol. The minimum atomic E-state index is 0. The zero-order chi connectivity index (χ0) is 5.58. The molecule has 0 aromatic carbocycles. The number of hydrogen-bond acceptors (Lipinski definition) is 1. The van der Waals surface area contributed by atoms with Gasteiger partial charge < -0.3 is 4.90 Å². The van der Waals surface area contributed by atoms with Gasteiger partial charge in [0.2, 0.25) is 0 Å². The van der Waals surface area contributed by atoms with Crippen LogP contribution in [0.25, 0.3) is 0 Å². The fourth-order valence-corrected chi connectivity index (χ4v) is 0. The van der Waals surface area contributed by atoms with Crippen LogP contribution in [-0.4, -0.2) is 56.3 Å². The minimum absolute atomic E-state index is 0. The van der Waals surface area contributed by atoms with E-state index >= 15 is 0 Å². The summed E-state index contributed by atoms with van der Waals surface area (Å²) in [4.78, 5) is 2.00. The van der Waals surface area contributed by atoms with Crippen molar-refractivity contribution in [2.45, 2.75) is 0 Å². The molecule has 0 saturated heterocycles. The summed E-state index contributed by atoms with van der Waals surface area (Å²) in [6.07, 6.45) is 1.47. The maximum absolute atomic E-state index is 4.64. The molecule has 0 rings (SSSR count). The number of halogens is 1. The Kier molecular flexibility index (Phi) is 35.3. The van der Waals surface area contributed by atoms with Crippen molar-refractivity contribution in [3.63, 3.8) is 0 Å². The van der Waals surface area contributed by atoms with Crippen molar-refractivity contribution in [3.05, 3.63) is 0 Å². The van der Waals surface area contributed by atoms with Gasteiger partial charge in [-0.25, -0.2) is 0 Å². The second-order valence-electron chi connectivity index (χ2n) is 1.34. The molecule has 0 spiro atoms. The number of rotatable bonds is 0.